The molecule has 0 aliphatic rings. The Bertz CT molecular complexity index is 235. The van der Waals surface area contributed by atoms with Gasteiger partial charge >= 0.3 is 11.9 Å². The van der Waals surface area contributed by atoms with Crippen LogP contribution in [0.3, 0.4) is 0 Å². The molecule has 92 valence electrons. The van der Waals surface area contributed by atoms with Gasteiger partial charge in [0.2, 0.25) is 0 Å². The Labute approximate surface area is 96.3 Å². The lowest BCUT2D eigenvalue weighted by atomic mass is 9.98. The lowest BCUT2D eigenvalue weighted by Gasteiger charge is -2.12. The van der Waals surface area contributed by atoms with Gasteiger partial charge in [-0.3, -0.25) is 9.59 Å². The Hall–Kier alpha value is -1.32. The molecule has 0 fully saturated rings. The van der Waals surface area contributed by atoms with Crippen LogP contribution in [-0.4, -0.2) is 23.7 Å². The van der Waals surface area contributed by atoms with Gasteiger partial charge in [0.15, 0.2) is 0 Å². The number of carboxylic acid groups (broad SMARTS) is 1. The molecule has 0 saturated heterocycles. The van der Waals surface area contributed by atoms with E-state index in [1.807, 2.05) is 0 Å². The first-order chi connectivity index (χ1) is 7.61. The summed E-state index contributed by atoms with van der Waals surface area (Å²) in [6, 6.07) is 0. The van der Waals surface area contributed by atoms with E-state index < -0.39 is 17.9 Å². The number of carboxylic acids is 1. The highest BCUT2D eigenvalue weighted by molar-refractivity contribution is 5.79. The van der Waals surface area contributed by atoms with Crippen LogP contribution in [0.4, 0.5) is 0 Å². The number of ether oxygens (including phenoxy) is 1. The molecule has 0 aromatic rings. The standard InChI is InChI=1S/C12H20O4/c1-3-5-6-7-10(9-11(13)14)12(15)16-8-4-2/h4,10H,2-3,5-9H2,1H3,(H,13,14)/t10-/m1/s1. The molecule has 0 aliphatic heterocycles. The summed E-state index contributed by atoms with van der Waals surface area (Å²) < 4.78 is 4.86. The molecule has 0 spiro atoms. The lowest BCUT2D eigenvalue weighted by Crippen LogP contribution is -2.21. The molecule has 0 aromatic carbocycles. The number of hydrogen-bond donors (Lipinski definition) is 1. The fraction of sp³-hybridized carbons (Fsp3) is 0.667. The van der Waals surface area contributed by atoms with Gasteiger partial charge in [0.1, 0.15) is 6.61 Å². The second-order valence-corrected chi connectivity index (χ2v) is 3.71. The molecule has 4 nitrogen and oxygen atoms in total. The maximum Gasteiger partial charge on any atom is 0.309 e. The summed E-state index contributed by atoms with van der Waals surface area (Å²) in [5, 5.41) is 8.69. The highest BCUT2D eigenvalue weighted by Crippen LogP contribution is 2.15. The van der Waals surface area contributed by atoms with Gasteiger partial charge in [-0.05, 0) is 6.42 Å². The number of rotatable bonds is 9. The van der Waals surface area contributed by atoms with E-state index >= 15 is 0 Å². The number of aliphatic carboxylic acids is 1. The molecule has 0 radical (unpaired) electrons. The van der Waals surface area contributed by atoms with Crippen molar-refractivity contribution in [3.8, 4) is 0 Å². The van der Waals surface area contributed by atoms with Crippen LogP contribution in [0, 0.1) is 5.92 Å². The van der Waals surface area contributed by atoms with Crippen LogP contribution >= 0.6 is 0 Å². The molecule has 4 heteroatoms. The molecular weight excluding hydrogens is 208 g/mol. The van der Waals surface area contributed by atoms with Crippen LogP contribution in [0.15, 0.2) is 12.7 Å². The van der Waals surface area contributed by atoms with E-state index in [1.165, 1.54) is 6.08 Å². The molecule has 0 rings (SSSR count). The molecule has 1 atom stereocenters. The Balaban J connectivity index is 4.11. The first kappa shape index (κ1) is 14.7. The summed E-state index contributed by atoms with van der Waals surface area (Å²) in [6.07, 6.45) is 4.81. The SMILES string of the molecule is C=CCOC(=O)[C@H](CCCCC)CC(=O)O. The number of carbonyl (C=O) groups is 2. The third kappa shape index (κ3) is 7.04. The fourth-order valence-corrected chi connectivity index (χ4v) is 1.41. The van der Waals surface area contributed by atoms with Crippen molar-refractivity contribution in [3.63, 3.8) is 0 Å². The number of esters is 1. The molecule has 1 N–H and O–H groups in total. The van der Waals surface area contributed by atoms with Gasteiger partial charge in [-0.1, -0.05) is 38.8 Å². The van der Waals surface area contributed by atoms with Gasteiger partial charge < -0.3 is 9.84 Å². The van der Waals surface area contributed by atoms with Crippen molar-refractivity contribution in [1.29, 1.82) is 0 Å². The Morgan fingerprint density at radius 1 is 1.44 bits per heavy atom. The summed E-state index contributed by atoms with van der Waals surface area (Å²) in [5.41, 5.74) is 0. The molecule has 0 unspecified atom stereocenters. The molecule has 0 bridgehead atoms. The predicted octanol–water partition coefficient (Wildman–Crippen LogP) is 2.39. The van der Waals surface area contributed by atoms with Crippen LogP contribution in [-0.2, 0) is 14.3 Å². The van der Waals surface area contributed by atoms with E-state index in [1.54, 1.807) is 0 Å². The topological polar surface area (TPSA) is 63.6 Å². The minimum absolute atomic E-state index is 0.142. The second-order valence-electron chi connectivity index (χ2n) is 3.71. The largest absolute Gasteiger partial charge is 0.481 e. The second kappa shape index (κ2) is 8.95. The van der Waals surface area contributed by atoms with Crippen molar-refractivity contribution in [2.45, 2.75) is 39.0 Å². The smallest absolute Gasteiger partial charge is 0.309 e. The number of unbranched alkanes of at least 4 members (excludes halogenated alkanes) is 2. The summed E-state index contributed by atoms with van der Waals surface area (Å²) in [6.45, 7) is 5.63. The molecule has 0 aliphatic carbocycles. The first-order valence-corrected chi connectivity index (χ1v) is 5.61. The predicted molar refractivity (Wildman–Crippen MR) is 61.0 cm³/mol. The van der Waals surface area contributed by atoms with Gasteiger partial charge in [-0.2, -0.15) is 0 Å². The van der Waals surface area contributed by atoms with E-state index in [0.29, 0.717) is 6.42 Å². The normalized spacial score (nSPS) is 11.8. The average Bonchev–Trinajstić information content (AvgIpc) is 2.24. The maximum absolute atomic E-state index is 11.5. The highest BCUT2D eigenvalue weighted by atomic mass is 16.5. The van der Waals surface area contributed by atoms with E-state index in [9.17, 15) is 9.59 Å². The summed E-state index contributed by atoms with van der Waals surface area (Å²) in [5.74, 6) is -1.92. The Morgan fingerprint density at radius 2 is 2.12 bits per heavy atom. The van der Waals surface area contributed by atoms with Gasteiger partial charge in [-0.25, -0.2) is 0 Å². The van der Waals surface area contributed by atoms with Crippen molar-refractivity contribution in [1.82, 2.24) is 0 Å². The summed E-state index contributed by atoms with van der Waals surface area (Å²) in [7, 11) is 0. The molecule has 16 heavy (non-hydrogen) atoms. The van der Waals surface area contributed by atoms with Crippen LogP contribution in [0.5, 0.6) is 0 Å². The Kier molecular flexibility index (Phi) is 8.21. The van der Waals surface area contributed by atoms with Crippen molar-refractivity contribution in [2.75, 3.05) is 6.61 Å². The van der Waals surface area contributed by atoms with Gasteiger partial charge in [0.25, 0.3) is 0 Å². The van der Waals surface area contributed by atoms with Crippen molar-refractivity contribution >= 4 is 11.9 Å². The highest BCUT2D eigenvalue weighted by Gasteiger charge is 2.22. The zero-order valence-corrected chi connectivity index (χ0v) is 9.78. The van der Waals surface area contributed by atoms with Crippen LogP contribution < -0.4 is 0 Å². The summed E-state index contributed by atoms with van der Waals surface area (Å²) in [4.78, 5) is 22.1. The zero-order valence-electron chi connectivity index (χ0n) is 9.78. The Morgan fingerprint density at radius 3 is 2.62 bits per heavy atom. The lowest BCUT2D eigenvalue weighted by molar-refractivity contribution is -0.152. The minimum atomic E-state index is -0.961. The third-order valence-electron chi connectivity index (χ3n) is 2.25. The monoisotopic (exact) mass is 228 g/mol. The molecule has 0 saturated carbocycles. The number of carbonyl (C=O) groups excluding carboxylic acids is 1. The minimum Gasteiger partial charge on any atom is -0.481 e. The van der Waals surface area contributed by atoms with E-state index in [0.717, 1.165) is 19.3 Å². The van der Waals surface area contributed by atoms with Crippen molar-refractivity contribution in [2.24, 2.45) is 5.92 Å². The third-order valence-corrected chi connectivity index (χ3v) is 2.25. The maximum atomic E-state index is 11.5. The molecule has 0 amide bonds. The van der Waals surface area contributed by atoms with E-state index in [2.05, 4.69) is 13.5 Å². The first-order valence-electron chi connectivity index (χ1n) is 5.61. The molecule has 0 aromatic heterocycles. The summed E-state index contributed by atoms with van der Waals surface area (Å²) >= 11 is 0. The van der Waals surface area contributed by atoms with E-state index in [-0.39, 0.29) is 13.0 Å². The van der Waals surface area contributed by atoms with E-state index in [4.69, 9.17) is 9.84 Å². The van der Waals surface area contributed by atoms with Crippen molar-refractivity contribution < 1.29 is 19.4 Å². The molecule has 0 heterocycles. The van der Waals surface area contributed by atoms with Gasteiger partial charge in [0, 0.05) is 0 Å². The van der Waals surface area contributed by atoms with Gasteiger partial charge in [0.05, 0.1) is 12.3 Å². The van der Waals surface area contributed by atoms with Crippen LogP contribution in [0.2, 0.25) is 0 Å². The van der Waals surface area contributed by atoms with Crippen molar-refractivity contribution in [3.05, 3.63) is 12.7 Å². The number of hydrogen-bond acceptors (Lipinski definition) is 3. The molecular formula is C12H20O4. The van der Waals surface area contributed by atoms with Crippen LogP contribution in [0.25, 0.3) is 0 Å². The van der Waals surface area contributed by atoms with Crippen LogP contribution in [0.1, 0.15) is 39.0 Å². The quantitative estimate of drug-likeness (QED) is 0.374. The van der Waals surface area contributed by atoms with Gasteiger partial charge in [-0.15, -0.1) is 0 Å². The zero-order chi connectivity index (χ0) is 12.4. The average molecular weight is 228 g/mol. The fourth-order valence-electron chi connectivity index (χ4n) is 1.41.